The number of hydrogen-bond donors (Lipinski definition) is 1. The maximum absolute atomic E-state index is 10.9. The molecule has 1 aromatic rings. The summed E-state index contributed by atoms with van der Waals surface area (Å²) >= 11 is 0. The number of nitrogens with zero attached hydrogens (tertiary/aromatic N) is 1. The second kappa shape index (κ2) is 3.96. The van der Waals surface area contributed by atoms with Crippen molar-refractivity contribution in [1.29, 1.82) is 0 Å². The van der Waals surface area contributed by atoms with Crippen LogP contribution in [-0.4, -0.2) is 19.7 Å². The van der Waals surface area contributed by atoms with E-state index < -0.39 is 10.0 Å². The molecule has 0 unspecified atom stereocenters. The Labute approximate surface area is 84.4 Å². The fourth-order valence-corrected chi connectivity index (χ4v) is 1.50. The number of rotatable bonds is 3. The molecule has 0 aliphatic carbocycles. The molecule has 0 aliphatic rings. The molecule has 4 nitrogen and oxygen atoms in total. The third kappa shape index (κ3) is 3.33. The summed E-state index contributed by atoms with van der Waals surface area (Å²) in [7, 11) is -3.22. The van der Waals surface area contributed by atoms with Gasteiger partial charge in [-0.15, -0.1) is 0 Å². The van der Waals surface area contributed by atoms with E-state index in [1.54, 1.807) is 12.3 Å². The van der Waals surface area contributed by atoms with Crippen molar-refractivity contribution in [3.8, 4) is 0 Å². The van der Waals surface area contributed by atoms with Crippen LogP contribution < -0.4 is 4.72 Å². The minimum absolute atomic E-state index is 0.358. The molecule has 1 N–H and O–H groups in total. The fraction of sp³-hybridized carbons (Fsp3) is 0.444. The van der Waals surface area contributed by atoms with E-state index in [1.807, 2.05) is 6.07 Å². The van der Waals surface area contributed by atoms with Gasteiger partial charge in [0.1, 0.15) is 5.82 Å². The Balaban J connectivity index is 2.84. The molecule has 0 spiro atoms. The molecule has 0 radical (unpaired) electrons. The van der Waals surface area contributed by atoms with Crippen molar-refractivity contribution < 1.29 is 8.42 Å². The van der Waals surface area contributed by atoms with Crippen LogP contribution in [0.25, 0.3) is 0 Å². The van der Waals surface area contributed by atoms with Gasteiger partial charge >= 0.3 is 0 Å². The van der Waals surface area contributed by atoms with Gasteiger partial charge in [0.05, 0.1) is 6.26 Å². The Morgan fingerprint density at radius 3 is 2.36 bits per heavy atom. The molecule has 0 aromatic carbocycles. The second-order valence-electron chi connectivity index (χ2n) is 3.51. The number of pyridine rings is 1. The minimum Gasteiger partial charge on any atom is -0.268 e. The zero-order chi connectivity index (χ0) is 10.8. The predicted octanol–water partition coefficient (Wildman–Crippen LogP) is 1.58. The van der Waals surface area contributed by atoms with Gasteiger partial charge in [0.15, 0.2) is 0 Å². The number of nitrogens with one attached hydrogen (secondary N) is 1. The van der Waals surface area contributed by atoms with Crippen molar-refractivity contribution in [3.05, 3.63) is 23.9 Å². The van der Waals surface area contributed by atoms with Crippen molar-refractivity contribution in [1.82, 2.24) is 4.98 Å². The minimum atomic E-state index is -3.22. The average Bonchev–Trinajstić information content (AvgIpc) is 2.02. The van der Waals surface area contributed by atoms with Crippen LogP contribution in [0.1, 0.15) is 25.3 Å². The highest BCUT2D eigenvalue weighted by molar-refractivity contribution is 7.92. The van der Waals surface area contributed by atoms with Crippen LogP contribution in [0.4, 0.5) is 5.82 Å². The lowest BCUT2D eigenvalue weighted by atomic mass is 10.1. The van der Waals surface area contributed by atoms with E-state index in [4.69, 9.17) is 0 Å². The van der Waals surface area contributed by atoms with E-state index in [0.717, 1.165) is 11.8 Å². The van der Waals surface area contributed by atoms with Crippen LogP contribution in [0.3, 0.4) is 0 Å². The fourth-order valence-electron chi connectivity index (χ4n) is 0.997. The van der Waals surface area contributed by atoms with Crippen molar-refractivity contribution in [2.45, 2.75) is 19.8 Å². The van der Waals surface area contributed by atoms with Gasteiger partial charge in [0, 0.05) is 6.20 Å². The van der Waals surface area contributed by atoms with Gasteiger partial charge in [-0.05, 0) is 17.5 Å². The number of anilines is 1. The summed E-state index contributed by atoms with van der Waals surface area (Å²) in [6.07, 6.45) is 2.78. The molecule has 1 heterocycles. The first-order chi connectivity index (χ1) is 6.38. The Kier molecular flexibility index (Phi) is 3.10. The first kappa shape index (κ1) is 11.0. The lowest BCUT2D eigenvalue weighted by molar-refractivity contribution is 0.606. The van der Waals surface area contributed by atoms with E-state index in [-0.39, 0.29) is 0 Å². The zero-order valence-electron chi connectivity index (χ0n) is 8.48. The van der Waals surface area contributed by atoms with Crippen molar-refractivity contribution in [2.24, 2.45) is 0 Å². The lowest BCUT2D eigenvalue weighted by Gasteiger charge is -2.06. The van der Waals surface area contributed by atoms with E-state index in [2.05, 4.69) is 23.6 Å². The van der Waals surface area contributed by atoms with Gasteiger partial charge in [-0.25, -0.2) is 13.4 Å². The molecule has 0 saturated carbocycles. The molecule has 1 aromatic heterocycles. The van der Waals surface area contributed by atoms with Crippen LogP contribution >= 0.6 is 0 Å². The third-order valence-electron chi connectivity index (χ3n) is 1.74. The van der Waals surface area contributed by atoms with E-state index in [0.29, 0.717) is 11.7 Å². The smallest absolute Gasteiger partial charge is 0.230 e. The molecular formula is C9H14N2O2S. The highest BCUT2D eigenvalue weighted by Crippen LogP contribution is 2.14. The molecule has 14 heavy (non-hydrogen) atoms. The summed E-state index contributed by atoms with van der Waals surface area (Å²) in [5.41, 5.74) is 1.09. The normalized spacial score (nSPS) is 11.7. The summed E-state index contributed by atoms with van der Waals surface area (Å²) in [5.74, 6) is 0.756. The van der Waals surface area contributed by atoms with Crippen LogP contribution in [0.2, 0.25) is 0 Å². The van der Waals surface area contributed by atoms with Crippen molar-refractivity contribution >= 4 is 15.8 Å². The van der Waals surface area contributed by atoms with Gasteiger partial charge in [-0.2, -0.15) is 0 Å². The Hall–Kier alpha value is -1.10. The van der Waals surface area contributed by atoms with Crippen LogP contribution in [-0.2, 0) is 10.0 Å². The van der Waals surface area contributed by atoms with Gasteiger partial charge in [0.25, 0.3) is 0 Å². The molecule has 0 atom stereocenters. The number of hydrogen-bond acceptors (Lipinski definition) is 3. The standard InChI is InChI=1S/C9H14N2O2S/c1-7(2)8-4-5-9(10-6-8)11-14(3,12)13/h4-7H,1-3H3,(H,10,11). The van der Waals surface area contributed by atoms with Crippen LogP contribution in [0.15, 0.2) is 18.3 Å². The van der Waals surface area contributed by atoms with Gasteiger partial charge in [0.2, 0.25) is 10.0 Å². The molecule has 0 fully saturated rings. The molecule has 5 heteroatoms. The molecule has 0 bridgehead atoms. The highest BCUT2D eigenvalue weighted by atomic mass is 32.2. The molecular weight excluding hydrogens is 200 g/mol. The van der Waals surface area contributed by atoms with Gasteiger partial charge in [-0.3, -0.25) is 4.72 Å². The molecule has 0 amide bonds. The monoisotopic (exact) mass is 214 g/mol. The molecule has 0 aliphatic heterocycles. The van der Waals surface area contributed by atoms with E-state index in [9.17, 15) is 8.42 Å². The summed E-state index contributed by atoms with van der Waals surface area (Å²) in [4.78, 5) is 4.00. The third-order valence-corrected chi connectivity index (χ3v) is 2.32. The largest absolute Gasteiger partial charge is 0.268 e. The topological polar surface area (TPSA) is 59.1 Å². The van der Waals surface area contributed by atoms with Crippen molar-refractivity contribution in [2.75, 3.05) is 11.0 Å². The number of aromatic nitrogens is 1. The highest BCUT2D eigenvalue weighted by Gasteiger charge is 2.03. The maximum atomic E-state index is 10.9. The van der Waals surface area contributed by atoms with Gasteiger partial charge < -0.3 is 0 Å². The predicted molar refractivity (Wildman–Crippen MR) is 56.8 cm³/mol. The molecule has 0 saturated heterocycles. The van der Waals surface area contributed by atoms with E-state index >= 15 is 0 Å². The zero-order valence-corrected chi connectivity index (χ0v) is 9.30. The summed E-state index contributed by atoms with van der Waals surface area (Å²) in [6.45, 7) is 4.11. The maximum Gasteiger partial charge on any atom is 0.230 e. The summed E-state index contributed by atoms with van der Waals surface area (Å²) in [6, 6.07) is 3.53. The molecule has 1 rings (SSSR count). The Morgan fingerprint density at radius 1 is 1.36 bits per heavy atom. The number of sulfonamides is 1. The quantitative estimate of drug-likeness (QED) is 0.831. The molecule has 78 valence electrons. The Bertz CT molecular complexity index is 395. The average molecular weight is 214 g/mol. The van der Waals surface area contributed by atoms with Crippen LogP contribution in [0, 0.1) is 0 Å². The first-order valence-corrected chi connectivity index (χ1v) is 6.21. The summed E-state index contributed by atoms with van der Waals surface area (Å²) < 4.78 is 24.0. The van der Waals surface area contributed by atoms with Gasteiger partial charge in [-0.1, -0.05) is 19.9 Å². The second-order valence-corrected chi connectivity index (χ2v) is 5.25. The van der Waals surface area contributed by atoms with Crippen molar-refractivity contribution in [3.63, 3.8) is 0 Å². The Morgan fingerprint density at radius 2 is 2.00 bits per heavy atom. The first-order valence-electron chi connectivity index (χ1n) is 4.32. The lowest BCUT2D eigenvalue weighted by Crippen LogP contribution is -2.10. The van der Waals surface area contributed by atoms with Crippen LogP contribution in [0.5, 0.6) is 0 Å². The van der Waals surface area contributed by atoms with E-state index in [1.165, 1.54) is 0 Å². The summed E-state index contributed by atoms with van der Waals surface area (Å²) in [5, 5.41) is 0. The SMILES string of the molecule is CC(C)c1ccc(NS(C)(=O)=O)nc1.